The van der Waals surface area contributed by atoms with E-state index in [1.165, 1.54) is 5.56 Å². The normalized spacial score (nSPS) is 13.1. The highest BCUT2D eigenvalue weighted by Crippen LogP contribution is 2.20. The molecule has 118 valence electrons. The zero-order valence-electron chi connectivity index (χ0n) is 13.6. The lowest BCUT2D eigenvalue weighted by Gasteiger charge is -2.22. The van der Waals surface area contributed by atoms with Gasteiger partial charge in [-0.15, -0.1) is 11.6 Å². The standard InChI is InChI=1S/C17H26ClNO2/c1-12(2)14-6-8-15(9-7-14)21-13(3)10-19-16(20)17(4,5)11-18/h6-9,12-13H,10-11H2,1-5H3,(H,19,20). The van der Waals surface area contributed by atoms with Crippen molar-refractivity contribution in [2.75, 3.05) is 12.4 Å². The Balaban J connectivity index is 2.47. The maximum atomic E-state index is 11.9. The van der Waals surface area contributed by atoms with E-state index < -0.39 is 5.41 Å². The van der Waals surface area contributed by atoms with Crippen LogP contribution in [0.25, 0.3) is 0 Å². The predicted molar refractivity (Wildman–Crippen MR) is 88.1 cm³/mol. The van der Waals surface area contributed by atoms with Crippen LogP contribution in [-0.4, -0.2) is 24.4 Å². The second kappa shape index (κ2) is 7.69. The van der Waals surface area contributed by atoms with Gasteiger partial charge in [0, 0.05) is 5.88 Å². The maximum absolute atomic E-state index is 11.9. The third kappa shape index (κ3) is 5.58. The topological polar surface area (TPSA) is 38.3 Å². The fourth-order valence-electron chi connectivity index (χ4n) is 1.74. The van der Waals surface area contributed by atoms with Crippen LogP contribution in [0.1, 0.15) is 46.1 Å². The number of rotatable bonds is 7. The summed E-state index contributed by atoms with van der Waals surface area (Å²) in [6.07, 6.45) is -0.0926. The number of halogens is 1. The van der Waals surface area contributed by atoms with Gasteiger partial charge in [0.25, 0.3) is 0 Å². The number of alkyl halides is 1. The molecule has 0 radical (unpaired) electrons. The van der Waals surface area contributed by atoms with Gasteiger partial charge < -0.3 is 10.1 Å². The number of amides is 1. The van der Waals surface area contributed by atoms with Crippen molar-refractivity contribution in [3.05, 3.63) is 29.8 Å². The van der Waals surface area contributed by atoms with Gasteiger partial charge in [0.2, 0.25) is 5.91 Å². The molecule has 0 fully saturated rings. The molecule has 1 rings (SSSR count). The zero-order chi connectivity index (χ0) is 16.0. The van der Waals surface area contributed by atoms with Crippen LogP contribution in [-0.2, 0) is 4.79 Å². The molecule has 0 heterocycles. The van der Waals surface area contributed by atoms with Gasteiger partial charge in [0.05, 0.1) is 12.0 Å². The lowest BCUT2D eigenvalue weighted by atomic mass is 9.95. The number of hydrogen-bond donors (Lipinski definition) is 1. The molecule has 1 atom stereocenters. The Kier molecular flexibility index (Phi) is 6.53. The Morgan fingerprint density at radius 3 is 2.29 bits per heavy atom. The van der Waals surface area contributed by atoms with Crippen molar-refractivity contribution >= 4 is 17.5 Å². The van der Waals surface area contributed by atoms with Crippen LogP contribution in [0, 0.1) is 5.41 Å². The number of nitrogens with one attached hydrogen (secondary N) is 1. The number of benzene rings is 1. The van der Waals surface area contributed by atoms with E-state index in [9.17, 15) is 4.79 Å². The van der Waals surface area contributed by atoms with Crippen molar-refractivity contribution in [1.82, 2.24) is 5.32 Å². The highest BCUT2D eigenvalue weighted by molar-refractivity contribution is 6.19. The molecule has 0 saturated heterocycles. The van der Waals surface area contributed by atoms with E-state index >= 15 is 0 Å². The Hall–Kier alpha value is -1.22. The van der Waals surface area contributed by atoms with Crippen molar-refractivity contribution in [3.8, 4) is 5.75 Å². The first kappa shape index (κ1) is 17.8. The molecule has 0 aliphatic rings. The average Bonchev–Trinajstić information content (AvgIpc) is 2.45. The minimum Gasteiger partial charge on any atom is -0.489 e. The zero-order valence-corrected chi connectivity index (χ0v) is 14.3. The fourth-order valence-corrected chi connectivity index (χ4v) is 1.86. The molecule has 4 heteroatoms. The summed E-state index contributed by atoms with van der Waals surface area (Å²) < 4.78 is 5.80. The second-order valence-corrected chi connectivity index (χ2v) is 6.65. The molecule has 21 heavy (non-hydrogen) atoms. The molecule has 0 aliphatic heterocycles. The minimum atomic E-state index is -0.555. The van der Waals surface area contributed by atoms with Crippen molar-refractivity contribution in [2.24, 2.45) is 5.41 Å². The van der Waals surface area contributed by atoms with Crippen LogP contribution in [0.4, 0.5) is 0 Å². The van der Waals surface area contributed by atoms with Gasteiger partial charge in [-0.1, -0.05) is 26.0 Å². The third-order valence-corrected chi connectivity index (χ3v) is 4.05. The Bertz CT molecular complexity index is 454. The second-order valence-electron chi connectivity index (χ2n) is 6.38. The SMILES string of the molecule is CC(CNC(=O)C(C)(C)CCl)Oc1ccc(C(C)C)cc1. The van der Waals surface area contributed by atoms with Gasteiger partial charge in [-0.25, -0.2) is 0 Å². The molecule has 0 spiro atoms. The van der Waals surface area contributed by atoms with Crippen LogP contribution in [0.5, 0.6) is 5.75 Å². The van der Waals surface area contributed by atoms with Gasteiger partial charge in [-0.05, 0) is 44.4 Å². The maximum Gasteiger partial charge on any atom is 0.226 e. The fraction of sp³-hybridized carbons (Fsp3) is 0.588. The highest BCUT2D eigenvalue weighted by Gasteiger charge is 2.26. The van der Waals surface area contributed by atoms with Crippen LogP contribution in [0.2, 0.25) is 0 Å². The summed E-state index contributed by atoms with van der Waals surface area (Å²) in [5.74, 6) is 1.57. The molecule has 1 N–H and O–H groups in total. The monoisotopic (exact) mass is 311 g/mol. The molecule has 1 aromatic rings. The first-order valence-electron chi connectivity index (χ1n) is 7.37. The lowest BCUT2D eigenvalue weighted by Crippen LogP contribution is -2.42. The van der Waals surface area contributed by atoms with Gasteiger partial charge in [0.1, 0.15) is 11.9 Å². The van der Waals surface area contributed by atoms with Crippen LogP contribution in [0.3, 0.4) is 0 Å². The lowest BCUT2D eigenvalue weighted by molar-refractivity contribution is -0.128. The van der Waals surface area contributed by atoms with E-state index in [-0.39, 0.29) is 12.0 Å². The summed E-state index contributed by atoms with van der Waals surface area (Å²) in [6, 6.07) is 8.08. The molecule has 0 aliphatic carbocycles. The summed E-state index contributed by atoms with van der Waals surface area (Å²) in [5.41, 5.74) is 0.729. The predicted octanol–water partition coefficient (Wildman–Crippen LogP) is 3.96. The van der Waals surface area contributed by atoms with Crippen molar-refractivity contribution in [1.29, 1.82) is 0 Å². The molecule has 1 amide bonds. The summed E-state index contributed by atoms with van der Waals surface area (Å²) in [7, 11) is 0. The van der Waals surface area contributed by atoms with Gasteiger partial charge in [-0.3, -0.25) is 4.79 Å². The van der Waals surface area contributed by atoms with Crippen LogP contribution in [0.15, 0.2) is 24.3 Å². The van der Waals surface area contributed by atoms with Gasteiger partial charge >= 0.3 is 0 Å². The first-order chi connectivity index (χ1) is 9.76. The van der Waals surface area contributed by atoms with E-state index in [1.54, 1.807) is 0 Å². The summed E-state index contributed by atoms with van der Waals surface area (Å²) in [5, 5.41) is 2.88. The number of carbonyl (C=O) groups is 1. The van der Waals surface area contributed by atoms with Gasteiger partial charge in [0.15, 0.2) is 0 Å². The quantitative estimate of drug-likeness (QED) is 0.774. The smallest absolute Gasteiger partial charge is 0.226 e. The molecule has 3 nitrogen and oxygen atoms in total. The van der Waals surface area contributed by atoms with Crippen molar-refractivity contribution < 1.29 is 9.53 Å². The highest BCUT2D eigenvalue weighted by atomic mass is 35.5. The molecule has 1 unspecified atom stereocenters. The summed E-state index contributed by atoms with van der Waals surface area (Å²) in [4.78, 5) is 11.9. The minimum absolute atomic E-state index is 0.0527. The van der Waals surface area contributed by atoms with E-state index in [2.05, 4.69) is 31.3 Å². The molecular weight excluding hydrogens is 286 g/mol. The first-order valence-corrected chi connectivity index (χ1v) is 7.90. The van der Waals surface area contributed by atoms with Crippen LogP contribution >= 0.6 is 11.6 Å². The van der Waals surface area contributed by atoms with Crippen molar-refractivity contribution in [2.45, 2.75) is 46.6 Å². The molecular formula is C17H26ClNO2. The third-order valence-electron chi connectivity index (χ3n) is 3.38. The van der Waals surface area contributed by atoms with E-state index in [1.807, 2.05) is 32.9 Å². The Morgan fingerprint density at radius 1 is 1.24 bits per heavy atom. The van der Waals surface area contributed by atoms with E-state index in [0.29, 0.717) is 18.3 Å². The Labute approximate surface area is 133 Å². The van der Waals surface area contributed by atoms with Crippen molar-refractivity contribution in [3.63, 3.8) is 0 Å². The summed E-state index contributed by atoms with van der Waals surface area (Å²) in [6.45, 7) is 10.4. The van der Waals surface area contributed by atoms with E-state index in [4.69, 9.17) is 16.3 Å². The average molecular weight is 312 g/mol. The molecule has 0 bridgehead atoms. The number of carbonyl (C=O) groups excluding carboxylic acids is 1. The largest absolute Gasteiger partial charge is 0.489 e. The molecule has 0 saturated carbocycles. The summed E-state index contributed by atoms with van der Waals surface area (Å²) >= 11 is 5.78. The number of ether oxygens (including phenoxy) is 1. The molecule has 0 aromatic heterocycles. The van der Waals surface area contributed by atoms with E-state index in [0.717, 1.165) is 5.75 Å². The molecule has 1 aromatic carbocycles. The van der Waals surface area contributed by atoms with Gasteiger partial charge in [-0.2, -0.15) is 0 Å². The number of hydrogen-bond acceptors (Lipinski definition) is 2. The Morgan fingerprint density at radius 2 is 1.81 bits per heavy atom. The van der Waals surface area contributed by atoms with Crippen LogP contribution < -0.4 is 10.1 Å².